The minimum absolute atomic E-state index is 0.149. The van der Waals surface area contributed by atoms with Crippen molar-refractivity contribution in [2.75, 3.05) is 7.11 Å². The van der Waals surface area contributed by atoms with Gasteiger partial charge in [-0.2, -0.15) is 0 Å². The number of benzene rings is 1. The maximum Gasteiger partial charge on any atom is 0.307 e. The molecule has 1 aromatic carbocycles. The fourth-order valence-electron chi connectivity index (χ4n) is 1.35. The first-order chi connectivity index (χ1) is 6.97. The highest BCUT2D eigenvalue weighted by molar-refractivity contribution is 6.31. The van der Waals surface area contributed by atoms with Crippen molar-refractivity contribution >= 4 is 17.6 Å². The van der Waals surface area contributed by atoms with Gasteiger partial charge in [0.05, 0.1) is 13.5 Å². The number of hydrogen-bond acceptors (Lipinski definition) is 3. The van der Waals surface area contributed by atoms with Crippen LogP contribution in [0.15, 0.2) is 6.07 Å². The molecule has 5 heteroatoms. The highest BCUT2D eigenvalue weighted by Crippen LogP contribution is 2.37. The second-order valence-corrected chi connectivity index (χ2v) is 3.49. The molecule has 0 bridgehead atoms. The summed E-state index contributed by atoms with van der Waals surface area (Å²) in [5.74, 6) is -0.985. The van der Waals surface area contributed by atoms with Gasteiger partial charge in [0.1, 0.15) is 0 Å². The summed E-state index contributed by atoms with van der Waals surface area (Å²) >= 11 is 5.82. The molecule has 0 aliphatic carbocycles. The van der Waals surface area contributed by atoms with Gasteiger partial charge in [-0.15, -0.1) is 0 Å². The van der Waals surface area contributed by atoms with Crippen LogP contribution >= 0.6 is 11.6 Å². The Labute approximate surface area is 92.1 Å². The Kier molecular flexibility index (Phi) is 3.42. The lowest BCUT2D eigenvalue weighted by molar-refractivity contribution is -0.136. The van der Waals surface area contributed by atoms with E-state index in [0.29, 0.717) is 16.1 Å². The SMILES string of the molecule is COc1c(O)cc(Cl)c(C)c1CC(=O)O. The van der Waals surface area contributed by atoms with Crippen molar-refractivity contribution in [2.24, 2.45) is 0 Å². The Morgan fingerprint density at radius 3 is 2.67 bits per heavy atom. The summed E-state index contributed by atoms with van der Waals surface area (Å²) in [4.78, 5) is 10.6. The Bertz CT molecular complexity index is 401. The summed E-state index contributed by atoms with van der Waals surface area (Å²) < 4.78 is 4.94. The van der Waals surface area contributed by atoms with Crippen LogP contribution in [-0.2, 0) is 11.2 Å². The number of phenolic OH excluding ortho intramolecular Hbond substituents is 1. The number of carboxylic acids is 1. The molecule has 0 saturated heterocycles. The number of aromatic hydroxyl groups is 1. The monoisotopic (exact) mass is 230 g/mol. The van der Waals surface area contributed by atoms with Gasteiger partial charge in [-0.1, -0.05) is 11.6 Å². The number of halogens is 1. The van der Waals surface area contributed by atoms with Crippen LogP contribution in [-0.4, -0.2) is 23.3 Å². The zero-order chi connectivity index (χ0) is 11.6. The second kappa shape index (κ2) is 4.40. The molecule has 0 atom stereocenters. The van der Waals surface area contributed by atoms with Crippen molar-refractivity contribution in [1.82, 2.24) is 0 Å². The molecule has 0 spiro atoms. The molecule has 82 valence electrons. The van der Waals surface area contributed by atoms with Crippen molar-refractivity contribution in [3.05, 3.63) is 22.2 Å². The number of carbonyl (C=O) groups is 1. The maximum absolute atomic E-state index is 10.6. The molecule has 0 aliphatic rings. The standard InChI is InChI=1S/C10H11ClO4/c1-5-6(3-9(13)14)10(15-2)8(12)4-7(5)11/h4,12H,3H2,1-2H3,(H,13,14). The van der Waals surface area contributed by atoms with E-state index in [0.717, 1.165) is 0 Å². The van der Waals surface area contributed by atoms with E-state index < -0.39 is 5.97 Å². The van der Waals surface area contributed by atoms with E-state index in [1.807, 2.05) is 0 Å². The minimum atomic E-state index is -1.00. The third kappa shape index (κ3) is 2.33. The van der Waals surface area contributed by atoms with Gasteiger partial charge in [0.2, 0.25) is 0 Å². The van der Waals surface area contributed by atoms with Crippen LogP contribution in [0.1, 0.15) is 11.1 Å². The predicted octanol–water partition coefficient (Wildman–Crippen LogP) is 1.99. The molecule has 0 aromatic heterocycles. The van der Waals surface area contributed by atoms with Crippen molar-refractivity contribution in [3.8, 4) is 11.5 Å². The molecule has 2 N–H and O–H groups in total. The number of methoxy groups -OCH3 is 1. The molecule has 4 nitrogen and oxygen atoms in total. The number of hydrogen-bond donors (Lipinski definition) is 2. The molecular weight excluding hydrogens is 220 g/mol. The van der Waals surface area contributed by atoms with Gasteiger partial charge >= 0.3 is 5.97 Å². The van der Waals surface area contributed by atoms with E-state index in [-0.39, 0.29) is 17.9 Å². The molecule has 15 heavy (non-hydrogen) atoms. The lowest BCUT2D eigenvalue weighted by Gasteiger charge is -2.12. The molecule has 0 heterocycles. The fourth-order valence-corrected chi connectivity index (χ4v) is 1.57. The molecule has 0 radical (unpaired) electrons. The number of phenols is 1. The molecule has 0 aliphatic heterocycles. The highest BCUT2D eigenvalue weighted by atomic mass is 35.5. The average molecular weight is 231 g/mol. The first-order valence-corrected chi connectivity index (χ1v) is 4.62. The molecule has 1 rings (SSSR count). The average Bonchev–Trinajstić information content (AvgIpc) is 2.13. The van der Waals surface area contributed by atoms with E-state index >= 15 is 0 Å². The largest absolute Gasteiger partial charge is 0.504 e. The normalized spacial score (nSPS) is 10.1. The summed E-state index contributed by atoms with van der Waals surface area (Å²) in [5.41, 5.74) is 1.00. The van der Waals surface area contributed by atoms with E-state index in [2.05, 4.69) is 0 Å². The van der Waals surface area contributed by atoms with Gasteiger partial charge in [0.25, 0.3) is 0 Å². The zero-order valence-corrected chi connectivity index (χ0v) is 9.13. The van der Waals surface area contributed by atoms with E-state index in [9.17, 15) is 9.90 Å². The van der Waals surface area contributed by atoms with E-state index in [1.165, 1.54) is 13.2 Å². The van der Waals surface area contributed by atoms with Gasteiger partial charge in [0, 0.05) is 16.7 Å². The predicted molar refractivity (Wildman–Crippen MR) is 55.7 cm³/mol. The Balaban J connectivity index is 3.36. The summed E-state index contributed by atoms with van der Waals surface area (Å²) in [6.07, 6.45) is -0.233. The van der Waals surface area contributed by atoms with Crippen molar-refractivity contribution < 1.29 is 19.7 Å². The van der Waals surface area contributed by atoms with Crippen LogP contribution in [0.25, 0.3) is 0 Å². The lowest BCUT2D eigenvalue weighted by atomic mass is 10.0. The molecular formula is C10H11ClO4. The summed E-state index contributed by atoms with van der Waals surface area (Å²) in [7, 11) is 1.37. The Morgan fingerprint density at radius 1 is 1.60 bits per heavy atom. The second-order valence-electron chi connectivity index (χ2n) is 3.08. The third-order valence-electron chi connectivity index (χ3n) is 2.11. The number of rotatable bonds is 3. The summed E-state index contributed by atoms with van der Waals surface area (Å²) in [6.45, 7) is 1.68. The van der Waals surface area contributed by atoms with Crippen molar-refractivity contribution in [2.45, 2.75) is 13.3 Å². The zero-order valence-electron chi connectivity index (χ0n) is 8.37. The first kappa shape index (κ1) is 11.7. The Morgan fingerprint density at radius 2 is 2.20 bits per heavy atom. The van der Waals surface area contributed by atoms with Crippen LogP contribution in [0, 0.1) is 6.92 Å². The van der Waals surface area contributed by atoms with Gasteiger partial charge in [-0.25, -0.2) is 0 Å². The fraction of sp³-hybridized carbons (Fsp3) is 0.300. The van der Waals surface area contributed by atoms with Gasteiger partial charge in [0.15, 0.2) is 11.5 Å². The number of ether oxygens (including phenoxy) is 1. The highest BCUT2D eigenvalue weighted by Gasteiger charge is 2.17. The molecule has 0 unspecified atom stereocenters. The van der Waals surface area contributed by atoms with E-state index in [4.69, 9.17) is 21.4 Å². The third-order valence-corrected chi connectivity index (χ3v) is 2.51. The number of aliphatic carboxylic acids is 1. The maximum atomic E-state index is 10.6. The molecule has 0 amide bonds. The molecule has 0 saturated carbocycles. The minimum Gasteiger partial charge on any atom is -0.504 e. The van der Waals surface area contributed by atoms with Crippen LogP contribution in [0.4, 0.5) is 0 Å². The topological polar surface area (TPSA) is 66.8 Å². The number of carboxylic acid groups (broad SMARTS) is 1. The van der Waals surface area contributed by atoms with Crippen LogP contribution in [0.2, 0.25) is 5.02 Å². The van der Waals surface area contributed by atoms with Crippen LogP contribution < -0.4 is 4.74 Å². The van der Waals surface area contributed by atoms with Crippen molar-refractivity contribution in [3.63, 3.8) is 0 Å². The van der Waals surface area contributed by atoms with E-state index in [1.54, 1.807) is 6.92 Å². The molecule has 1 aromatic rings. The van der Waals surface area contributed by atoms with Gasteiger partial charge in [-0.3, -0.25) is 4.79 Å². The van der Waals surface area contributed by atoms with Gasteiger partial charge in [-0.05, 0) is 12.5 Å². The summed E-state index contributed by atoms with van der Waals surface area (Å²) in [6, 6.07) is 1.33. The van der Waals surface area contributed by atoms with Crippen LogP contribution in [0.5, 0.6) is 11.5 Å². The van der Waals surface area contributed by atoms with Gasteiger partial charge < -0.3 is 14.9 Å². The lowest BCUT2D eigenvalue weighted by Crippen LogP contribution is -2.05. The smallest absolute Gasteiger partial charge is 0.307 e. The Hall–Kier alpha value is -1.42. The quantitative estimate of drug-likeness (QED) is 0.833. The van der Waals surface area contributed by atoms with Crippen LogP contribution in [0.3, 0.4) is 0 Å². The molecule has 0 fully saturated rings. The summed E-state index contributed by atoms with van der Waals surface area (Å²) in [5, 5.41) is 18.5. The first-order valence-electron chi connectivity index (χ1n) is 4.24. The van der Waals surface area contributed by atoms with Crippen molar-refractivity contribution in [1.29, 1.82) is 0 Å².